The Morgan fingerprint density at radius 2 is 1.91 bits per heavy atom. The molecule has 0 unspecified atom stereocenters. The molecule has 0 aliphatic heterocycles. The van der Waals surface area contributed by atoms with Crippen LogP contribution in [0.2, 0.25) is 0 Å². The largest absolute Gasteiger partial charge is 0.506 e. The summed E-state index contributed by atoms with van der Waals surface area (Å²) in [6.45, 7) is 0. The fraction of sp³-hybridized carbons (Fsp3) is 0.0476. The molecule has 3 rings (SSSR count). The molecule has 0 saturated carbocycles. The van der Waals surface area contributed by atoms with Crippen LogP contribution in [-0.4, -0.2) is 28.0 Å². The number of rotatable bonds is 7. The first-order chi connectivity index (χ1) is 15.7. The number of hydrogen-bond donors (Lipinski definition) is 2. The molecular formula is C21H14N4O8. The number of nitriles is 1. The molecule has 12 heteroatoms. The van der Waals surface area contributed by atoms with Crippen molar-refractivity contribution in [3.05, 3.63) is 80.1 Å². The predicted molar refractivity (Wildman–Crippen MR) is 114 cm³/mol. The smallest absolute Gasteiger partial charge is 0.284 e. The van der Waals surface area contributed by atoms with E-state index in [2.05, 4.69) is 5.32 Å². The fourth-order valence-electron chi connectivity index (χ4n) is 2.79. The second kappa shape index (κ2) is 9.31. The van der Waals surface area contributed by atoms with Crippen LogP contribution in [0.15, 0.2) is 58.5 Å². The summed E-state index contributed by atoms with van der Waals surface area (Å²) in [5.74, 6) is -0.983. The first kappa shape index (κ1) is 22.5. The number of aromatic hydroxyl groups is 1. The number of phenolic OH excluding ortho intramolecular Hbond substituents is 1. The van der Waals surface area contributed by atoms with Gasteiger partial charge in [-0.3, -0.25) is 25.0 Å². The van der Waals surface area contributed by atoms with Crippen molar-refractivity contribution in [3.63, 3.8) is 0 Å². The van der Waals surface area contributed by atoms with E-state index >= 15 is 0 Å². The van der Waals surface area contributed by atoms with Gasteiger partial charge in [0.1, 0.15) is 34.7 Å². The molecule has 1 amide bonds. The van der Waals surface area contributed by atoms with E-state index in [-0.39, 0.29) is 39.9 Å². The number of methoxy groups -OCH3 is 1. The van der Waals surface area contributed by atoms with E-state index in [1.807, 2.05) is 0 Å². The summed E-state index contributed by atoms with van der Waals surface area (Å²) < 4.78 is 10.5. The molecule has 0 atom stereocenters. The van der Waals surface area contributed by atoms with Gasteiger partial charge in [0, 0.05) is 12.1 Å². The van der Waals surface area contributed by atoms with Crippen molar-refractivity contribution >= 4 is 29.0 Å². The molecule has 1 aromatic heterocycles. The molecule has 0 fully saturated rings. The second-order valence-electron chi connectivity index (χ2n) is 6.42. The molecule has 12 nitrogen and oxygen atoms in total. The lowest BCUT2D eigenvalue weighted by Gasteiger charge is -2.06. The van der Waals surface area contributed by atoms with E-state index < -0.39 is 27.1 Å². The van der Waals surface area contributed by atoms with Crippen molar-refractivity contribution in [1.29, 1.82) is 5.26 Å². The highest BCUT2D eigenvalue weighted by atomic mass is 16.6. The van der Waals surface area contributed by atoms with Gasteiger partial charge in [0.2, 0.25) is 0 Å². The van der Waals surface area contributed by atoms with Gasteiger partial charge in [0.15, 0.2) is 0 Å². The zero-order valence-electron chi connectivity index (χ0n) is 16.8. The maximum atomic E-state index is 12.4. The number of ether oxygens (including phenoxy) is 1. The number of phenols is 1. The zero-order chi connectivity index (χ0) is 24.1. The van der Waals surface area contributed by atoms with Crippen molar-refractivity contribution in [2.45, 2.75) is 0 Å². The zero-order valence-corrected chi connectivity index (χ0v) is 16.8. The van der Waals surface area contributed by atoms with Gasteiger partial charge in [-0.2, -0.15) is 5.26 Å². The summed E-state index contributed by atoms with van der Waals surface area (Å²) in [5, 5.41) is 43.6. The molecule has 2 N–H and O–H groups in total. The average Bonchev–Trinajstić information content (AvgIpc) is 3.26. The van der Waals surface area contributed by atoms with Crippen LogP contribution in [-0.2, 0) is 4.79 Å². The summed E-state index contributed by atoms with van der Waals surface area (Å²) in [4.78, 5) is 33.2. The first-order valence-corrected chi connectivity index (χ1v) is 9.06. The van der Waals surface area contributed by atoms with Crippen LogP contribution in [0, 0.1) is 31.6 Å². The van der Waals surface area contributed by atoms with E-state index in [4.69, 9.17) is 9.15 Å². The lowest BCUT2D eigenvalue weighted by atomic mass is 10.1. The Bertz CT molecular complexity index is 1340. The van der Waals surface area contributed by atoms with Gasteiger partial charge in [0.05, 0.1) is 40.3 Å². The number of non-ortho nitro benzene ring substituents is 1. The summed E-state index contributed by atoms with van der Waals surface area (Å²) in [6.07, 6.45) is 1.11. The number of hydrogen-bond acceptors (Lipinski definition) is 9. The van der Waals surface area contributed by atoms with Gasteiger partial charge < -0.3 is 19.6 Å². The van der Waals surface area contributed by atoms with Crippen LogP contribution < -0.4 is 10.1 Å². The Hall–Kier alpha value is -5.18. The number of nitrogens with one attached hydrogen (secondary N) is 1. The van der Waals surface area contributed by atoms with Crippen molar-refractivity contribution in [3.8, 4) is 28.9 Å². The number of nitrogens with zero attached hydrogens (tertiary/aromatic N) is 3. The number of carbonyl (C=O) groups is 1. The summed E-state index contributed by atoms with van der Waals surface area (Å²) >= 11 is 0. The molecule has 2 aromatic carbocycles. The van der Waals surface area contributed by atoms with Crippen LogP contribution >= 0.6 is 0 Å². The molecule has 0 radical (unpaired) electrons. The quantitative estimate of drug-likeness (QED) is 0.176. The maximum Gasteiger partial charge on any atom is 0.284 e. The Morgan fingerprint density at radius 3 is 2.52 bits per heavy atom. The normalized spacial score (nSPS) is 10.8. The van der Waals surface area contributed by atoms with Crippen LogP contribution in [0.1, 0.15) is 5.76 Å². The number of amides is 1. The fourth-order valence-corrected chi connectivity index (χ4v) is 2.79. The van der Waals surface area contributed by atoms with Gasteiger partial charge in [-0.25, -0.2) is 0 Å². The number of furan rings is 1. The standard InChI is InChI=1S/C21H14N4O8/c1-32-14-3-5-16(18(10-14)25(30)31)20-7-4-15(33-20)8-12(11-22)21(27)23-17-6-2-13(24(28)29)9-19(17)26/h2-10,26H,1H3,(H,23,27)/b12-8-. The third-order valence-electron chi connectivity index (χ3n) is 4.39. The maximum absolute atomic E-state index is 12.4. The van der Waals surface area contributed by atoms with Gasteiger partial charge in [0.25, 0.3) is 17.3 Å². The minimum absolute atomic E-state index is 0.0646. The van der Waals surface area contributed by atoms with Crippen LogP contribution in [0.3, 0.4) is 0 Å². The summed E-state index contributed by atoms with van der Waals surface area (Å²) in [6, 6.07) is 11.8. The van der Waals surface area contributed by atoms with Gasteiger partial charge in [-0.1, -0.05) is 0 Å². The Kier molecular flexibility index (Phi) is 6.35. The predicted octanol–water partition coefficient (Wildman–Crippen LogP) is 4.02. The van der Waals surface area contributed by atoms with E-state index in [0.717, 1.165) is 24.3 Å². The van der Waals surface area contributed by atoms with Crippen molar-refractivity contribution in [1.82, 2.24) is 0 Å². The molecule has 166 valence electrons. The Balaban J connectivity index is 1.86. The first-order valence-electron chi connectivity index (χ1n) is 9.06. The molecular weight excluding hydrogens is 436 g/mol. The average molecular weight is 450 g/mol. The van der Waals surface area contributed by atoms with E-state index in [9.17, 15) is 35.4 Å². The highest BCUT2D eigenvalue weighted by Crippen LogP contribution is 2.34. The minimum Gasteiger partial charge on any atom is -0.506 e. The third kappa shape index (κ3) is 4.94. The van der Waals surface area contributed by atoms with E-state index in [1.54, 1.807) is 6.07 Å². The van der Waals surface area contributed by atoms with E-state index in [0.29, 0.717) is 0 Å². The minimum atomic E-state index is -0.907. The number of anilines is 1. The molecule has 0 aliphatic carbocycles. The SMILES string of the molecule is COc1ccc(-c2ccc(/C=C(/C#N)C(=O)Nc3ccc([N+](=O)[O-])cc3O)o2)c([N+](=O)[O-])c1. The number of carbonyl (C=O) groups excluding carboxylic acids is 1. The molecule has 0 aliphatic rings. The lowest BCUT2D eigenvalue weighted by Crippen LogP contribution is -2.13. The number of benzene rings is 2. The number of nitro groups is 2. The van der Waals surface area contributed by atoms with Crippen LogP contribution in [0.4, 0.5) is 17.1 Å². The second-order valence-corrected chi connectivity index (χ2v) is 6.42. The van der Waals surface area contributed by atoms with Crippen molar-refractivity contribution in [2.75, 3.05) is 12.4 Å². The van der Waals surface area contributed by atoms with Crippen molar-refractivity contribution in [2.24, 2.45) is 0 Å². The Morgan fingerprint density at radius 1 is 1.15 bits per heavy atom. The molecule has 33 heavy (non-hydrogen) atoms. The molecule has 0 bridgehead atoms. The number of nitro benzene ring substituents is 2. The van der Waals surface area contributed by atoms with Crippen LogP contribution in [0.25, 0.3) is 17.4 Å². The molecule has 1 heterocycles. The van der Waals surface area contributed by atoms with Gasteiger partial charge >= 0.3 is 0 Å². The van der Waals surface area contributed by atoms with E-state index in [1.165, 1.54) is 37.4 Å². The third-order valence-corrected chi connectivity index (χ3v) is 4.39. The van der Waals surface area contributed by atoms with Crippen molar-refractivity contribution < 1.29 is 28.9 Å². The highest BCUT2D eigenvalue weighted by Gasteiger charge is 2.20. The van der Waals surface area contributed by atoms with Gasteiger partial charge in [-0.05, 0) is 30.3 Å². The Labute approximate surface area is 185 Å². The summed E-state index contributed by atoms with van der Waals surface area (Å²) in [5.41, 5.74) is -1.01. The highest BCUT2D eigenvalue weighted by molar-refractivity contribution is 6.10. The lowest BCUT2D eigenvalue weighted by molar-refractivity contribution is -0.385. The molecule has 3 aromatic rings. The van der Waals surface area contributed by atoms with Gasteiger partial charge in [-0.15, -0.1) is 0 Å². The monoisotopic (exact) mass is 450 g/mol. The topological polar surface area (TPSA) is 182 Å². The summed E-state index contributed by atoms with van der Waals surface area (Å²) in [7, 11) is 1.37. The molecule has 0 saturated heterocycles. The van der Waals surface area contributed by atoms with Crippen LogP contribution in [0.5, 0.6) is 11.5 Å². The molecule has 0 spiro atoms.